The number of aliphatic hydroxyl groups is 1. The molecule has 1 atom stereocenters. The van der Waals surface area contributed by atoms with E-state index in [-0.39, 0.29) is 11.4 Å². The zero-order valence-corrected chi connectivity index (χ0v) is 9.12. The van der Waals surface area contributed by atoms with Crippen molar-refractivity contribution in [2.24, 2.45) is 0 Å². The molecule has 0 aliphatic heterocycles. The predicted octanol–water partition coefficient (Wildman–Crippen LogP) is 0.541. The summed E-state index contributed by atoms with van der Waals surface area (Å²) in [4.78, 5) is 21.4. The fourth-order valence-electron chi connectivity index (χ4n) is 1.26. The highest BCUT2D eigenvalue weighted by Gasteiger charge is 2.21. The second kappa shape index (κ2) is 5.80. The minimum absolute atomic E-state index is 0.155. The molecule has 0 amide bonds. The lowest BCUT2D eigenvalue weighted by Gasteiger charge is -2.14. The molecule has 0 unspecified atom stereocenters. The molecule has 7 heteroatoms. The van der Waals surface area contributed by atoms with Gasteiger partial charge in [-0.25, -0.2) is 4.79 Å². The number of aliphatic hydroxyl groups excluding tert-OH is 1. The zero-order valence-electron chi connectivity index (χ0n) is 9.12. The van der Waals surface area contributed by atoms with Crippen molar-refractivity contribution >= 4 is 17.3 Å². The van der Waals surface area contributed by atoms with Crippen molar-refractivity contribution in [3.63, 3.8) is 0 Å². The van der Waals surface area contributed by atoms with Gasteiger partial charge in [-0.1, -0.05) is 12.1 Å². The Morgan fingerprint density at radius 3 is 2.76 bits per heavy atom. The molecule has 0 aromatic heterocycles. The van der Waals surface area contributed by atoms with E-state index in [0.717, 1.165) is 0 Å². The summed E-state index contributed by atoms with van der Waals surface area (Å²) in [7, 11) is 1.17. The highest BCUT2D eigenvalue weighted by molar-refractivity contribution is 5.80. The van der Waals surface area contributed by atoms with Gasteiger partial charge >= 0.3 is 5.97 Å². The number of benzene rings is 1. The van der Waals surface area contributed by atoms with Gasteiger partial charge in [0, 0.05) is 6.07 Å². The van der Waals surface area contributed by atoms with Crippen LogP contribution >= 0.6 is 0 Å². The van der Waals surface area contributed by atoms with Crippen molar-refractivity contribution in [3.8, 4) is 0 Å². The predicted molar refractivity (Wildman–Crippen MR) is 59.6 cm³/mol. The average molecular weight is 240 g/mol. The molecular weight excluding hydrogens is 228 g/mol. The maximum Gasteiger partial charge on any atom is 0.330 e. The lowest BCUT2D eigenvalue weighted by Crippen LogP contribution is -2.34. The summed E-state index contributed by atoms with van der Waals surface area (Å²) < 4.78 is 4.44. The molecule has 0 saturated heterocycles. The highest BCUT2D eigenvalue weighted by Crippen LogP contribution is 2.23. The quantitative estimate of drug-likeness (QED) is 0.442. The molecule has 0 heterocycles. The van der Waals surface area contributed by atoms with Gasteiger partial charge in [0.15, 0.2) is 0 Å². The molecule has 7 nitrogen and oxygen atoms in total. The Morgan fingerprint density at radius 1 is 1.59 bits per heavy atom. The van der Waals surface area contributed by atoms with Crippen LogP contribution in [0.4, 0.5) is 11.4 Å². The summed E-state index contributed by atoms with van der Waals surface area (Å²) in [5.41, 5.74) is -0.0168. The zero-order chi connectivity index (χ0) is 12.8. The van der Waals surface area contributed by atoms with Crippen molar-refractivity contribution in [1.82, 2.24) is 0 Å². The number of para-hydroxylation sites is 2. The van der Waals surface area contributed by atoms with Crippen LogP contribution in [0.15, 0.2) is 24.3 Å². The van der Waals surface area contributed by atoms with Crippen LogP contribution in [-0.4, -0.2) is 35.8 Å². The summed E-state index contributed by atoms with van der Waals surface area (Å²) in [6.45, 7) is -0.515. The van der Waals surface area contributed by atoms with Crippen molar-refractivity contribution < 1.29 is 19.6 Å². The number of nitro groups is 1. The number of hydrogen-bond acceptors (Lipinski definition) is 6. The third-order valence-electron chi connectivity index (χ3n) is 2.10. The Bertz CT molecular complexity index is 421. The molecule has 0 fully saturated rings. The van der Waals surface area contributed by atoms with Crippen molar-refractivity contribution in [3.05, 3.63) is 34.4 Å². The van der Waals surface area contributed by atoms with Crippen molar-refractivity contribution in [2.75, 3.05) is 19.0 Å². The van der Waals surface area contributed by atoms with Crippen LogP contribution in [0.2, 0.25) is 0 Å². The topological polar surface area (TPSA) is 102 Å². The standard InChI is InChI=1S/C10H12N2O5/c1-17-10(14)8(6-13)11-7-4-2-3-5-9(7)12(15)16/h2-5,8,11,13H,6H2,1H3/t8-/m1/s1. The van der Waals surface area contributed by atoms with Crippen LogP contribution in [0.25, 0.3) is 0 Å². The smallest absolute Gasteiger partial charge is 0.330 e. The average Bonchev–Trinajstić information content (AvgIpc) is 2.35. The first-order chi connectivity index (χ1) is 8.10. The van der Waals surface area contributed by atoms with Crippen LogP contribution in [0.3, 0.4) is 0 Å². The Morgan fingerprint density at radius 2 is 2.24 bits per heavy atom. The van der Waals surface area contributed by atoms with Gasteiger partial charge < -0.3 is 15.2 Å². The number of hydrogen-bond donors (Lipinski definition) is 2. The van der Waals surface area contributed by atoms with E-state index < -0.39 is 23.5 Å². The molecule has 1 aromatic carbocycles. The van der Waals surface area contributed by atoms with Gasteiger partial charge in [0.2, 0.25) is 0 Å². The fourth-order valence-corrected chi connectivity index (χ4v) is 1.26. The lowest BCUT2D eigenvalue weighted by molar-refractivity contribution is -0.384. The molecule has 0 bridgehead atoms. The number of rotatable bonds is 5. The Balaban J connectivity index is 2.93. The molecule has 92 valence electrons. The van der Waals surface area contributed by atoms with Gasteiger partial charge in [0.1, 0.15) is 11.7 Å². The van der Waals surface area contributed by atoms with E-state index in [0.29, 0.717) is 0 Å². The summed E-state index contributed by atoms with van der Waals surface area (Å²) in [5, 5.41) is 22.3. The highest BCUT2D eigenvalue weighted by atomic mass is 16.6. The molecule has 17 heavy (non-hydrogen) atoms. The minimum Gasteiger partial charge on any atom is -0.467 e. The number of nitrogens with zero attached hydrogens (tertiary/aromatic N) is 1. The maximum absolute atomic E-state index is 11.2. The molecule has 1 rings (SSSR count). The van der Waals surface area contributed by atoms with Crippen molar-refractivity contribution in [2.45, 2.75) is 6.04 Å². The normalized spacial score (nSPS) is 11.6. The van der Waals surface area contributed by atoms with Gasteiger partial charge in [-0.3, -0.25) is 10.1 Å². The van der Waals surface area contributed by atoms with Gasteiger partial charge in [-0.15, -0.1) is 0 Å². The number of nitro benzene ring substituents is 1. The molecule has 1 aromatic rings. The van der Waals surface area contributed by atoms with Gasteiger partial charge in [-0.2, -0.15) is 0 Å². The number of carbonyl (C=O) groups excluding carboxylic acids is 1. The third kappa shape index (κ3) is 3.15. The van der Waals surface area contributed by atoms with Crippen molar-refractivity contribution in [1.29, 1.82) is 0 Å². The maximum atomic E-state index is 11.2. The third-order valence-corrected chi connectivity index (χ3v) is 2.10. The van der Waals surface area contributed by atoms with E-state index in [2.05, 4.69) is 10.1 Å². The molecule has 0 aliphatic rings. The van der Waals surface area contributed by atoms with Gasteiger partial charge in [0.25, 0.3) is 5.69 Å². The first-order valence-corrected chi connectivity index (χ1v) is 4.78. The number of nitrogens with one attached hydrogen (secondary N) is 1. The summed E-state index contributed by atoms with van der Waals surface area (Å²) in [5.74, 6) is -0.689. The summed E-state index contributed by atoms with van der Waals surface area (Å²) >= 11 is 0. The monoisotopic (exact) mass is 240 g/mol. The van der Waals surface area contributed by atoms with E-state index in [9.17, 15) is 14.9 Å². The Kier molecular flexibility index (Phi) is 4.41. The molecule has 0 saturated carbocycles. The van der Waals surface area contributed by atoms with E-state index in [1.54, 1.807) is 6.07 Å². The van der Waals surface area contributed by atoms with E-state index in [1.165, 1.54) is 25.3 Å². The van der Waals surface area contributed by atoms with Gasteiger partial charge in [-0.05, 0) is 6.07 Å². The lowest BCUT2D eigenvalue weighted by atomic mass is 10.2. The first-order valence-electron chi connectivity index (χ1n) is 4.78. The molecule has 0 radical (unpaired) electrons. The van der Waals surface area contributed by atoms with Crippen LogP contribution in [0.1, 0.15) is 0 Å². The van der Waals surface area contributed by atoms with E-state index >= 15 is 0 Å². The largest absolute Gasteiger partial charge is 0.467 e. The number of esters is 1. The van der Waals surface area contributed by atoms with Gasteiger partial charge in [0.05, 0.1) is 18.6 Å². The van der Waals surface area contributed by atoms with Crippen LogP contribution in [-0.2, 0) is 9.53 Å². The number of ether oxygens (including phenoxy) is 1. The van der Waals surface area contributed by atoms with Crippen LogP contribution < -0.4 is 5.32 Å². The number of anilines is 1. The fraction of sp³-hybridized carbons (Fsp3) is 0.300. The Hall–Kier alpha value is -2.15. The second-order valence-corrected chi connectivity index (χ2v) is 3.18. The first kappa shape index (κ1) is 12.9. The SMILES string of the molecule is COC(=O)[C@@H](CO)Nc1ccccc1[N+](=O)[O-]. The molecule has 0 spiro atoms. The molecule has 2 N–H and O–H groups in total. The van der Waals surface area contributed by atoms with Crippen LogP contribution in [0, 0.1) is 10.1 Å². The summed E-state index contributed by atoms with van der Waals surface area (Å²) in [6.07, 6.45) is 0. The Labute approximate surface area is 97.2 Å². The minimum atomic E-state index is -1.03. The number of carbonyl (C=O) groups is 1. The summed E-state index contributed by atoms with van der Waals surface area (Å²) in [6, 6.07) is 4.81. The molecular formula is C10H12N2O5. The van der Waals surface area contributed by atoms with E-state index in [1.807, 2.05) is 0 Å². The molecule has 0 aliphatic carbocycles. The second-order valence-electron chi connectivity index (χ2n) is 3.18. The van der Waals surface area contributed by atoms with Crippen LogP contribution in [0.5, 0.6) is 0 Å². The van der Waals surface area contributed by atoms with E-state index in [4.69, 9.17) is 5.11 Å². The number of methoxy groups -OCH3 is 1.